The normalized spacial score (nSPS) is 18.4. The molecule has 2 atom stereocenters. The smallest absolute Gasteiger partial charge is 0.261 e. The van der Waals surface area contributed by atoms with Crippen LogP contribution in [0.2, 0.25) is 0 Å². The maximum atomic E-state index is 14.6. The molecular formula is C80H69N3O6. The molecule has 10 aromatic rings. The van der Waals surface area contributed by atoms with Crippen molar-refractivity contribution < 1.29 is 28.8 Å². The van der Waals surface area contributed by atoms with Crippen LogP contribution in [-0.2, 0) is 0 Å². The number of hydrogen-bond acceptors (Lipinski definition) is 6. The summed E-state index contributed by atoms with van der Waals surface area (Å²) in [4.78, 5) is 90.4. The molecule has 0 bridgehead atoms. The van der Waals surface area contributed by atoms with Gasteiger partial charge in [0.1, 0.15) is 0 Å². The van der Waals surface area contributed by atoms with Crippen molar-refractivity contribution in [3.05, 3.63) is 228 Å². The van der Waals surface area contributed by atoms with Gasteiger partial charge < -0.3 is 0 Å². The molecule has 2 saturated carbocycles. The molecule has 5 aliphatic rings. The highest BCUT2D eigenvalue weighted by Gasteiger charge is 2.43. The molecule has 15 rings (SSSR count). The van der Waals surface area contributed by atoms with E-state index in [2.05, 4.69) is 98.8 Å². The number of imide groups is 3. The average Bonchev–Trinajstić information content (AvgIpc) is 0.947. The molecule has 0 radical (unpaired) electrons. The van der Waals surface area contributed by atoms with Crippen LogP contribution < -0.4 is 0 Å². The lowest BCUT2D eigenvalue weighted by molar-refractivity contribution is 0.0443. The van der Waals surface area contributed by atoms with Crippen molar-refractivity contribution in [1.29, 1.82) is 0 Å². The van der Waals surface area contributed by atoms with Gasteiger partial charge in [0, 0.05) is 67.7 Å². The zero-order chi connectivity index (χ0) is 60.6. The molecule has 0 spiro atoms. The predicted molar refractivity (Wildman–Crippen MR) is 354 cm³/mol. The summed E-state index contributed by atoms with van der Waals surface area (Å²) >= 11 is 0. The summed E-state index contributed by atoms with van der Waals surface area (Å²) in [5.74, 6) is -0.453. The summed E-state index contributed by atoms with van der Waals surface area (Å²) < 4.78 is 0. The van der Waals surface area contributed by atoms with E-state index < -0.39 is 0 Å². The van der Waals surface area contributed by atoms with Crippen molar-refractivity contribution in [1.82, 2.24) is 14.7 Å². The first-order valence-electron chi connectivity index (χ1n) is 32.3. The van der Waals surface area contributed by atoms with E-state index in [0.29, 0.717) is 57.0 Å². The Morgan fingerprint density at radius 1 is 0.315 bits per heavy atom. The number of carbonyl (C=O) groups excluding carboxylic acids is 6. The van der Waals surface area contributed by atoms with Gasteiger partial charge in [-0.25, -0.2) is 0 Å². The SMILES string of the molecule is CCC(CCC(CC)N1C(=O)c2cccc3c(-c4ccccc4)ccc(c23)C1=O)C1CCC(N2C(=O)c3cccc4c(-c5ccc(-c6ccc(-c7ccc(-c8ccc9c%10c(cccc8%10)C(=O)N(C8CCCCC8)C9=O)cc7)cc6)cc5)ccc(c34)C2=O)CC1. The van der Waals surface area contributed by atoms with Gasteiger partial charge >= 0.3 is 0 Å². The Kier molecular flexibility index (Phi) is 14.4. The zero-order valence-corrected chi connectivity index (χ0v) is 50.3. The summed E-state index contributed by atoms with van der Waals surface area (Å²) in [7, 11) is 0. The molecule has 440 valence electrons. The second kappa shape index (κ2) is 22.8. The summed E-state index contributed by atoms with van der Waals surface area (Å²) in [6.07, 6.45) is 11.5. The van der Waals surface area contributed by atoms with E-state index in [1.54, 1.807) is 9.80 Å². The van der Waals surface area contributed by atoms with Crippen LogP contribution in [-0.4, -0.2) is 68.3 Å². The van der Waals surface area contributed by atoms with Gasteiger partial charge in [0.2, 0.25) is 0 Å². The van der Waals surface area contributed by atoms with Crippen LogP contribution in [0.1, 0.15) is 159 Å². The van der Waals surface area contributed by atoms with Gasteiger partial charge in [0.25, 0.3) is 35.4 Å². The highest BCUT2D eigenvalue weighted by Crippen LogP contribution is 2.45. The van der Waals surface area contributed by atoms with Crippen molar-refractivity contribution >= 4 is 67.8 Å². The first-order valence-corrected chi connectivity index (χ1v) is 32.3. The van der Waals surface area contributed by atoms with E-state index in [4.69, 9.17) is 0 Å². The number of benzene rings is 10. The minimum absolute atomic E-state index is 0.0376. The van der Waals surface area contributed by atoms with Gasteiger partial charge in [0.15, 0.2) is 0 Å². The summed E-state index contributed by atoms with van der Waals surface area (Å²) in [5.41, 5.74) is 13.8. The van der Waals surface area contributed by atoms with Gasteiger partial charge in [0.05, 0.1) is 0 Å². The second-order valence-corrected chi connectivity index (χ2v) is 25.4. The van der Waals surface area contributed by atoms with Crippen LogP contribution in [0, 0.1) is 11.8 Å². The Morgan fingerprint density at radius 3 is 1.07 bits per heavy atom. The average molecular weight is 1170 g/mol. The van der Waals surface area contributed by atoms with Crippen LogP contribution in [0.25, 0.3) is 88.0 Å². The molecule has 10 aromatic carbocycles. The maximum absolute atomic E-state index is 14.6. The lowest BCUT2D eigenvalue weighted by atomic mass is 9.74. The third kappa shape index (κ3) is 9.42. The Hall–Kier alpha value is -9.60. The van der Waals surface area contributed by atoms with Gasteiger partial charge in [-0.15, -0.1) is 0 Å². The number of hydrogen-bond donors (Lipinski definition) is 0. The lowest BCUT2D eigenvalue weighted by Gasteiger charge is -2.40. The molecule has 0 saturated heterocycles. The minimum atomic E-state index is -0.234. The fraction of sp³-hybridized carbons (Fsp3) is 0.250. The van der Waals surface area contributed by atoms with E-state index >= 15 is 0 Å². The van der Waals surface area contributed by atoms with Crippen molar-refractivity contribution in [3.8, 4) is 55.6 Å². The van der Waals surface area contributed by atoms with Crippen LogP contribution in [0.5, 0.6) is 0 Å². The largest absolute Gasteiger partial charge is 0.271 e. The summed E-state index contributed by atoms with van der Waals surface area (Å²) in [6.45, 7) is 4.30. The van der Waals surface area contributed by atoms with Gasteiger partial charge in [-0.05, 0) is 178 Å². The summed E-state index contributed by atoms with van der Waals surface area (Å²) in [6, 6.07) is 64.4. The molecule has 2 fully saturated rings. The molecule has 2 unspecified atom stereocenters. The number of rotatable bonds is 14. The van der Waals surface area contributed by atoms with Crippen LogP contribution >= 0.6 is 0 Å². The summed E-state index contributed by atoms with van der Waals surface area (Å²) in [5, 5.41) is 4.91. The first-order chi connectivity index (χ1) is 43.6. The Morgan fingerprint density at radius 2 is 0.663 bits per heavy atom. The van der Waals surface area contributed by atoms with E-state index in [1.807, 2.05) is 109 Å². The van der Waals surface area contributed by atoms with Crippen molar-refractivity contribution in [2.75, 3.05) is 0 Å². The van der Waals surface area contributed by atoms with Gasteiger partial charge in [-0.2, -0.15) is 0 Å². The second-order valence-electron chi connectivity index (χ2n) is 25.4. The third-order valence-electron chi connectivity index (χ3n) is 20.8. The highest BCUT2D eigenvalue weighted by atomic mass is 16.2. The predicted octanol–water partition coefficient (Wildman–Crippen LogP) is 18.4. The fourth-order valence-corrected chi connectivity index (χ4v) is 16.1. The molecule has 2 aliphatic carbocycles. The molecule has 9 heteroatoms. The van der Waals surface area contributed by atoms with Gasteiger partial charge in [-0.1, -0.05) is 197 Å². The number of carbonyl (C=O) groups is 6. The monoisotopic (exact) mass is 1170 g/mol. The standard InChI is InChI=1S/C80H69N3O6/c1-3-48(36-39-57(4-2)81-75(84)66-21-11-18-63-60(54-14-7-5-8-15-54)42-45-69(72(63)66)78(81)87)49-37-40-59(41-38-49)83-77(86)68-23-13-20-65-62(44-47-71(74(65)68)80(83)89)56-34-30-53(31-35-56)51-26-24-50(25-27-51)52-28-32-55(33-29-52)61-43-46-70-73-64(61)19-12-22-67(73)76(85)82(79(70)88)58-16-9-6-10-17-58/h5,7-8,11-15,18-35,42-49,57-59H,3-4,6,9-10,16-17,36-41H2,1-2H3. The van der Waals surface area contributed by atoms with E-state index in [9.17, 15) is 28.8 Å². The first kappa shape index (κ1) is 55.9. The molecule has 3 aliphatic heterocycles. The molecule has 9 nitrogen and oxygen atoms in total. The van der Waals surface area contributed by atoms with E-state index in [0.717, 1.165) is 160 Å². The third-order valence-corrected chi connectivity index (χ3v) is 20.8. The molecule has 0 aromatic heterocycles. The lowest BCUT2D eigenvalue weighted by Crippen LogP contribution is -2.48. The van der Waals surface area contributed by atoms with Crippen molar-refractivity contribution in [3.63, 3.8) is 0 Å². The quantitative estimate of drug-likeness (QED) is 0.100. The Bertz CT molecular complexity index is 4470. The number of amides is 6. The highest BCUT2D eigenvalue weighted by molar-refractivity contribution is 6.29. The maximum Gasteiger partial charge on any atom is 0.261 e. The Labute approximate surface area is 519 Å². The van der Waals surface area contributed by atoms with E-state index in [1.165, 1.54) is 4.90 Å². The van der Waals surface area contributed by atoms with Gasteiger partial charge in [-0.3, -0.25) is 43.5 Å². The molecule has 89 heavy (non-hydrogen) atoms. The van der Waals surface area contributed by atoms with Crippen molar-refractivity contribution in [2.45, 2.75) is 115 Å². The Balaban J connectivity index is 0.593. The molecular weight excluding hydrogens is 1100 g/mol. The fourth-order valence-electron chi connectivity index (χ4n) is 16.1. The zero-order valence-electron chi connectivity index (χ0n) is 50.3. The minimum Gasteiger partial charge on any atom is -0.271 e. The number of nitrogens with zero attached hydrogens (tertiary/aromatic N) is 3. The van der Waals surface area contributed by atoms with Crippen LogP contribution in [0.15, 0.2) is 194 Å². The molecule has 0 N–H and O–H groups in total. The topological polar surface area (TPSA) is 112 Å². The van der Waals surface area contributed by atoms with Crippen LogP contribution in [0.4, 0.5) is 0 Å². The molecule has 6 amide bonds. The van der Waals surface area contributed by atoms with Crippen LogP contribution in [0.3, 0.4) is 0 Å². The van der Waals surface area contributed by atoms with Crippen molar-refractivity contribution in [2.24, 2.45) is 11.8 Å². The van der Waals surface area contributed by atoms with E-state index in [-0.39, 0.29) is 53.6 Å². The molecule has 3 heterocycles.